The number of aryl methyl sites for hydroxylation is 1. The zero-order chi connectivity index (χ0) is 12.3. The van der Waals surface area contributed by atoms with Crippen molar-refractivity contribution in [1.29, 1.82) is 0 Å². The third kappa shape index (κ3) is 2.85. The molecule has 16 heavy (non-hydrogen) atoms. The lowest BCUT2D eigenvalue weighted by molar-refractivity contribution is -0.140. The fourth-order valence-electron chi connectivity index (χ4n) is 1.28. The van der Waals surface area contributed by atoms with Gasteiger partial charge < -0.3 is 14.8 Å². The van der Waals surface area contributed by atoms with E-state index in [0.29, 0.717) is 0 Å². The topological polar surface area (TPSA) is 79.5 Å². The number of hydrogen-bond acceptors (Lipinski definition) is 3. The molecule has 5 nitrogen and oxygen atoms in total. The maximum Gasteiger partial charge on any atom is 0.326 e. The van der Waals surface area contributed by atoms with Gasteiger partial charge in [0, 0.05) is 0 Å². The van der Waals surface area contributed by atoms with Gasteiger partial charge >= 0.3 is 5.97 Å². The van der Waals surface area contributed by atoms with Gasteiger partial charge in [0.2, 0.25) is 0 Å². The standard InChI is InChI=1S/C11H15NO4/c1-6(2)9(11(14)15)12-10(13)8-4-7(3)5-16-8/h4-6,9H,1-3H3,(H,12,13)(H,14,15)/t9-/m0/s1. The van der Waals surface area contributed by atoms with Crippen LogP contribution in [0.4, 0.5) is 0 Å². The van der Waals surface area contributed by atoms with Crippen LogP contribution in [0.3, 0.4) is 0 Å². The molecule has 1 atom stereocenters. The van der Waals surface area contributed by atoms with E-state index in [1.54, 1.807) is 26.8 Å². The summed E-state index contributed by atoms with van der Waals surface area (Å²) in [4.78, 5) is 22.5. The molecule has 88 valence electrons. The second-order valence-corrected chi connectivity index (χ2v) is 4.02. The van der Waals surface area contributed by atoms with Crippen LogP contribution in [0, 0.1) is 12.8 Å². The Morgan fingerprint density at radius 1 is 1.44 bits per heavy atom. The van der Waals surface area contributed by atoms with Gasteiger partial charge in [0.25, 0.3) is 5.91 Å². The maximum absolute atomic E-state index is 11.6. The Labute approximate surface area is 93.4 Å². The minimum Gasteiger partial charge on any atom is -0.480 e. The number of amides is 1. The number of carbonyl (C=O) groups excluding carboxylic acids is 1. The molecule has 0 aromatic carbocycles. The van der Waals surface area contributed by atoms with Crippen LogP contribution in [0.1, 0.15) is 30.0 Å². The molecule has 0 spiro atoms. The molecule has 0 radical (unpaired) electrons. The first kappa shape index (κ1) is 12.3. The summed E-state index contributed by atoms with van der Waals surface area (Å²) in [5, 5.41) is 11.3. The fraction of sp³-hybridized carbons (Fsp3) is 0.455. The van der Waals surface area contributed by atoms with Crippen molar-refractivity contribution >= 4 is 11.9 Å². The minimum atomic E-state index is -1.05. The Morgan fingerprint density at radius 2 is 2.06 bits per heavy atom. The molecule has 1 aromatic rings. The van der Waals surface area contributed by atoms with Crippen molar-refractivity contribution in [1.82, 2.24) is 5.32 Å². The molecule has 1 amide bonds. The van der Waals surface area contributed by atoms with Crippen LogP contribution in [0.25, 0.3) is 0 Å². The summed E-state index contributed by atoms with van der Waals surface area (Å²) in [6, 6.07) is 0.659. The molecule has 0 bridgehead atoms. The van der Waals surface area contributed by atoms with Gasteiger partial charge in [-0.25, -0.2) is 4.79 Å². The summed E-state index contributed by atoms with van der Waals surface area (Å²) in [5.74, 6) is -1.61. The van der Waals surface area contributed by atoms with E-state index in [-0.39, 0.29) is 11.7 Å². The lowest BCUT2D eigenvalue weighted by Gasteiger charge is -2.16. The second-order valence-electron chi connectivity index (χ2n) is 4.02. The third-order valence-electron chi connectivity index (χ3n) is 2.17. The average molecular weight is 225 g/mol. The number of carboxylic acid groups (broad SMARTS) is 1. The van der Waals surface area contributed by atoms with Gasteiger partial charge in [-0.3, -0.25) is 4.79 Å². The van der Waals surface area contributed by atoms with Crippen LogP contribution >= 0.6 is 0 Å². The molecule has 1 heterocycles. The van der Waals surface area contributed by atoms with E-state index in [2.05, 4.69) is 5.32 Å². The minimum absolute atomic E-state index is 0.129. The number of nitrogens with one attached hydrogen (secondary N) is 1. The highest BCUT2D eigenvalue weighted by Crippen LogP contribution is 2.08. The first-order chi connectivity index (χ1) is 7.41. The summed E-state index contributed by atoms with van der Waals surface area (Å²) >= 11 is 0. The Bertz CT molecular complexity index is 394. The normalized spacial score (nSPS) is 12.5. The molecule has 5 heteroatoms. The van der Waals surface area contributed by atoms with Crippen LogP contribution in [0.2, 0.25) is 0 Å². The highest BCUT2D eigenvalue weighted by Gasteiger charge is 2.24. The van der Waals surface area contributed by atoms with Crippen LogP contribution in [0.5, 0.6) is 0 Å². The molecule has 0 fully saturated rings. The van der Waals surface area contributed by atoms with Gasteiger partial charge in [-0.2, -0.15) is 0 Å². The van der Waals surface area contributed by atoms with Gasteiger partial charge in [0.05, 0.1) is 6.26 Å². The molecule has 0 aliphatic rings. The van der Waals surface area contributed by atoms with E-state index in [9.17, 15) is 9.59 Å². The van der Waals surface area contributed by atoms with Gasteiger partial charge in [-0.05, 0) is 24.5 Å². The molecule has 0 saturated carbocycles. The van der Waals surface area contributed by atoms with Crippen molar-refractivity contribution in [2.24, 2.45) is 5.92 Å². The van der Waals surface area contributed by atoms with Crippen molar-refractivity contribution in [3.63, 3.8) is 0 Å². The number of rotatable bonds is 4. The van der Waals surface area contributed by atoms with E-state index in [4.69, 9.17) is 9.52 Å². The molecular weight excluding hydrogens is 210 g/mol. The van der Waals surface area contributed by atoms with Crippen molar-refractivity contribution in [2.75, 3.05) is 0 Å². The Hall–Kier alpha value is -1.78. The summed E-state index contributed by atoms with van der Waals surface area (Å²) in [7, 11) is 0. The van der Waals surface area contributed by atoms with Crippen LogP contribution < -0.4 is 5.32 Å². The van der Waals surface area contributed by atoms with Crippen molar-refractivity contribution in [3.8, 4) is 0 Å². The van der Waals surface area contributed by atoms with Crippen LogP contribution in [-0.2, 0) is 4.79 Å². The lowest BCUT2D eigenvalue weighted by atomic mass is 10.0. The summed E-state index contributed by atoms with van der Waals surface area (Å²) < 4.78 is 4.98. The number of carbonyl (C=O) groups is 2. The second kappa shape index (κ2) is 4.83. The van der Waals surface area contributed by atoms with E-state index >= 15 is 0 Å². The van der Waals surface area contributed by atoms with E-state index in [0.717, 1.165) is 5.56 Å². The molecule has 2 N–H and O–H groups in total. The molecule has 0 aliphatic heterocycles. The number of carboxylic acids is 1. The first-order valence-corrected chi connectivity index (χ1v) is 5.00. The van der Waals surface area contributed by atoms with Crippen molar-refractivity contribution in [2.45, 2.75) is 26.8 Å². The molecule has 1 aromatic heterocycles. The van der Waals surface area contributed by atoms with Crippen LogP contribution in [0.15, 0.2) is 16.7 Å². The monoisotopic (exact) mass is 225 g/mol. The summed E-state index contributed by atoms with van der Waals surface area (Å²) in [6.45, 7) is 5.25. The van der Waals surface area contributed by atoms with E-state index < -0.39 is 17.9 Å². The zero-order valence-corrected chi connectivity index (χ0v) is 9.48. The Morgan fingerprint density at radius 3 is 2.44 bits per heavy atom. The average Bonchev–Trinajstić information content (AvgIpc) is 2.59. The van der Waals surface area contributed by atoms with Gasteiger partial charge in [-0.15, -0.1) is 0 Å². The van der Waals surface area contributed by atoms with E-state index in [1.807, 2.05) is 0 Å². The lowest BCUT2D eigenvalue weighted by Crippen LogP contribution is -2.44. The fourth-order valence-corrected chi connectivity index (χ4v) is 1.28. The third-order valence-corrected chi connectivity index (χ3v) is 2.17. The maximum atomic E-state index is 11.6. The number of furan rings is 1. The largest absolute Gasteiger partial charge is 0.480 e. The quantitative estimate of drug-likeness (QED) is 0.812. The highest BCUT2D eigenvalue weighted by molar-refractivity contribution is 5.94. The molecule has 1 rings (SSSR count). The summed E-state index contributed by atoms with van der Waals surface area (Å²) in [5.41, 5.74) is 0.821. The molecule has 0 aliphatic carbocycles. The summed E-state index contributed by atoms with van der Waals surface area (Å²) in [6.07, 6.45) is 1.44. The predicted octanol–water partition coefficient (Wildman–Crippen LogP) is 1.43. The van der Waals surface area contributed by atoms with Gasteiger partial charge in [0.1, 0.15) is 6.04 Å². The van der Waals surface area contributed by atoms with Crippen molar-refractivity contribution in [3.05, 3.63) is 23.7 Å². The van der Waals surface area contributed by atoms with E-state index in [1.165, 1.54) is 6.26 Å². The van der Waals surface area contributed by atoms with Gasteiger partial charge in [0.15, 0.2) is 5.76 Å². The van der Waals surface area contributed by atoms with Crippen LogP contribution in [-0.4, -0.2) is 23.0 Å². The molecule has 0 saturated heterocycles. The van der Waals surface area contributed by atoms with Gasteiger partial charge in [-0.1, -0.05) is 13.8 Å². The number of aliphatic carboxylic acids is 1. The SMILES string of the molecule is Cc1coc(C(=O)N[C@H](C(=O)O)C(C)C)c1. The molecule has 0 unspecified atom stereocenters. The zero-order valence-electron chi connectivity index (χ0n) is 9.48. The smallest absolute Gasteiger partial charge is 0.326 e. The van der Waals surface area contributed by atoms with Crippen molar-refractivity contribution < 1.29 is 19.1 Å². The first-order valence-electron chi connectivity index (χ1n) is 5.00. The Balaban J connectivity index is 2.73. The Kier molecular flexibility index (Phi) is 3.71. The number of hydrogen-bond donors (Lipinski definition) is 2. The highest BCUT2D eigenvalue weighted by atomic mass is 16.4. The molecular formula is C11H15NO4. The predicted molar refractivity (Wildman–Crippen MR) is 57.2 cm³/mol.